The van der Waals surface area contributed by atoms with Gasteiger partial charge in [-0.2, -0.15) is 0 Å². The highest BCUT2D eigenvalue weighted by Gasteiger charge is 2.16. The summed E-state index contributed by atoms with van der Waals surface area (Å²) >= 11 is 6.78. The number of carbonyl (C=O) groups excluding carboxylic acids is 1. The molecule has 2 aromatic rings. The van der Waals surface area contributed by atoms with E-state index < -0.39 is 6.10 Å². The fraction of sp³-hybridized carbons (Fsp3) is 0.188. The molecule has 116 valence electrons. The maximum Gasteiger partial charge on any atom is 0.265 e. The quantitative estimate of drug-likeness (QED) is 0.755. The fourth-order valence-corrected chi connectivity index (χ4v) is 2.88. The second-order valence-corrected chi connectivity index (χ2v) is 6.32. The van der Waals surface area contributed by atoms with Gasteiger partial charge in [0, 0.05) is 8.95 Å². The number of ether oxygens (including phenoxy) is 2. The van der Waals surface area contributed by atoms with Crippen LogP contribution in [-0.4, -0.2) is 19.1 Å². The van der Waals surface area contributed by atoms with Gasteiger partial charge in [-0.15, -0.1) is 0 Å². The smallest absolute Gasteiger partial charge is 0.265 e. The molecule has 0 heterocycles. The summed E-state index contributed by atoms with van der Waals surface area (Å²) in [6, 6.07) is 12.6. The average Bonchev–Trinajstić information content (AvgIpc) is 2.50. The molecule has 0 saturated heterocycles. The molecule has 0 aliphatic carbocycles. The monoisotopic (exact) mass is 427 g/mol. The lowest BCUT2D eigenvalue weighted by atomic mass is 10.3. The SMILES string of the molecule is COc1ccc(OC(C)C(=O)Nc2ccc(Br)cc2Br)cc1. The zero-order valence-corrected chi connectivity index (χ0v) is 15.3. The molecular formula is C16H15Br2NO3. The van der Waals surface area contributed by atoms with E-state index in [0.717, 1.165) is 14.7 Å². The van der Waals surface area contributed by atoms with Gasteiger partial charge in [-0.25, -0.2) is 0 Å². The van der Waals surface area contributed by atoms with E-state index in [1.165, 1.54) is 0 Å². The maximum atomic E-state index is 12.2. The highest BCUT2D eigenvalue weighted by molar-refractivity contribution is 9.11. The minimum absolute atomic E-state index is 0.223. The molecule has 0 radical (unpaired) electrons. The van der Waals surface area contributed by atoms with Crippen molar-refractivity contribution in [3.8, 4) is 11.5 Å². The van der Waals surface area contributed by atoms with Gasteiger partial charge in [-0.3, -0.25) is 4.79 Å². The number of methoxy groups -OCH3 is 1. The van der Waals surface area contributed by atoms with Crippen molar-refractivity contribution in [2.45, 2.75) is 13.0 Å². The lowest BCUT2D eigenvalue weighted by Crippen LogP contribution is -2.30. The summed E-state index contributed by atoms with van der Waals surface area (Å²) in [6.07, 6.45) is -0.621. The number of hydrogen-bond acceptors (Lipinski definition) is 3. The summed E-state index contributed by atoms with van der Waals surface area (Å²) < 4.78 is 12.4. The van der Waals surface area contributed by atoms with Crippen LogP contribution in [0, 0.1) is 0 Å². The zero-order chi connectivity index (χ0) is 16.1. The molecular weight excluding hydrogens is 414 g/mol. The number of rotatable bonds is 5. The van der Waals surface area contributed by atoms with Crippen LogP contribution >= 0.6 is 31.9 Å². The van der Waals surface area contributed by atoms with Crippen LogP contribution in [0.25, 0.3) is 0 Å². The summed E-state index contributed by atoms with van der Waals surface area (Å²) in [5, 5.41) is 2.82. The van der Waals surface area contributed by atoms with Crippen molar-refractivity contribution in [3.63, 3.8) is 0 Å². The van der Waals surface area contributed by atoms with Crippen molar-refractivity contribution < 1.29 is 14.3 Å². The minimum Gasteiger partial charge on any atom is -0.497 e. The predicted molar refractivity (Wildman–Crippen MR) is 93.6 cm³/mol. The van der Waals surface area contributed by atoms with E-state index in [1.54, 1.807) is 38.3 Å². The third kappa shape index (κ3) is 4.48. The highest BCUT2D eigenvalue weighted by atomic mass is 79.9. The first kappa shape index (κ1) is 16.8. The first-order valence-corrected chi connectivity index (χ1v) is 8.15. The third-order valence-electron chi connectivity index (χ3n) is 2.93. The number of hydrogen-bond donors (Lipinski definition) is 1. The number of benzene rings is 2. The Labute approximate surface area is 146 Å². The van der Waals surface area contributed by atoms with E-state index >= 15 is 0 Å². The van der Waals surface area contributed by atoms with Gasteiger partial charge in [-0.05, 0) is 65.3 Å². The maximum absolute atomic E-state index is 12.2. The fourth-order valence-electron chi connectivity index (χ4n) is 1.74. The van der Waals surface area contributed by atoms with Crippen molar-refractivity contribution in [2.75, 3.05) is 12.4 Å². The molecule has 6 heteroatoms. The van der Waals surface area contributed by atoms with E-state index in [1.807, 2.05) is 18.2 Å². The third-order valence-corrected chi connectivity index (χ3v) is 4.08. The summed E-state index contributed by atoms with van der Waals surface area (Å²) in [7, 11) is 1.60. The van der Waals surface area contributed by atoms with Crippen molar-refractivity contribution in [3.05, 3.63) is 51.4 Å². The second kappa shape index (κ2) is 7.65. The number of carbonyl (C=O) groups is 1. The Balaban J connectivity index is 1.99. The number of anilines is 1. The Morgan fingerprint density at radius 2 is 1.73 bits per heavy atom. The average molecular weight is 429 g/mol. The van der Waals surface area contributed by atoms with Gasteiger partial charge in [0.05, 0.1) is 12.8 Å². The molecule has 0 fully saturated rings. The Morgan fingerprint density at radius 3 is 2.32 bits per heavy atom. The zero-order valence-electron chi connectivity index (χ0n) is 12.1. The summed E-state index contributed by atoms with van der Waals surface area (Å²) in [5.74, 6) is 1.13. The summed E-state index contributed by atoms with van der Waals surface area (Å²) in [5.41, 5.74) is 0.693. The molecule has 2 rings (SSSR count). The number of halogens is 2. The predicted octanol–water partition coefficient (Wildman–Crippen LogP) is 4.63. The lowest BCUT2D eigenvalue weighted by Gasteiger charge is -2.15. The molecule has 22 heavy (non-hydrogen) atoms. The van der Waals surface area contributed by atoms with Crippen LogP contribution < -0.4 is 14.8 Å². The van der Waals surface area contributed by atoms with Crippen molar-refractivity contribution in [2.24, 2.45) is 0 Å². The van der Waals surface area contributed by atoms with E-state index in [-0.39, 0.29) is 5.91 Å². The first-order chi connectivity index (χ1) is 10.5. The van der Waals surface area contributed by atoms with Gasteiger partial charge in [0.1, 0.15) is 11.5 Å². The van der Waals surface area contributed by atoms with Gasteiger partial charge in [-0.1, -0.05) is 15.9 Å². The Kier molecular flexibility index (Phi) is 5.85. The van der Waals surface area contributed by atoms with Gasteiger partial charge < -0.3 is 14.8 Å². The first-order valence-electron chi connectivity index (χ1n) is 6.56. The topological polar surface area (TPSA) is 47.6 Å². The number of amides is 1. The Morgan fingerprint density at radius 1 is 1.09 bits per heavy atom. The van der Waals surface area contributed by atoms with Crippen LogP contribution in [0.4, 0.5) is 5.69 Å². The van der Waals surface area contributed by atoms with E-state index in [0.29, 0.717) is 11.4 Å². The van der Waals surface area contributed by atoms with Crippen molar-refractivity contribution in [1.29, 1.82) is 0 Å². The molecule has 0 aromatic heterocycles. The van der Waals surface area contributed by atoms with Gasteiger partial charge in [0.25, 0.3) is 5.91 Å². The van der Waals surface area contributed by atoms with Crippen LogP contribution in [0.15, 0.2) is 51.4 Å². The van der Waals surface area contributed by atoms with Crippen LogP contribution in [0.2, 0.25) is 0 Å². The van der Waals surface area contributed by atoms with Crippen LogP contribution in [-0.2, 0) is 4.79 Å². The molecule has 0 bridgehead atoms. The molecule has 0 aliphatic heterocycles. The molecule has 1 unspecified atom stereocenters. The van der Waals surface area contributed by atoms with Crippen LogP contribution in [0.3, 0.4) is 0 Å². The van der Waals surface area contributed by atoms with E-state index in [9.17, 15) is 4.79 Å². The van der Waals surface area contributed by atoms with Crippen molar-refractivity contribution in [1.82, 2.24) is 0 Å². The summed E-state index contributed by atoms with van der Waals surface area (Å²) in [6.45, 7) is 1.70. The van der Waals surface area contributed by atoms with Gasteiger partial charge in [0.2, 0.25) is 0 Å². The van der Waals surface area contributed by atoms with Crippen LogP contribution in [0.1, 0.15) is 6.92 Å². The Hall–Kier alpha value is -1.53. The highest BCUT2D eigenvalue weighted by Crippen LogP contribution is 2.26. The normalized spacial score (nSPS) is 11.6. The standard InChI is InChI=1S/C16H15Br2NO3/c1-10(22-13-6-4-12(21-2)5-7-13)16(20)19-15-8-3-11(17)9-14(15)18/h3-10H,1-2H3,(H,19,20). The van der Waals surface area contributed by atoms with Gasteiger partial charge in [0.15, 0.2) is 6.10 Å². The molecule has 1 N–H and O–H groups in total. The molecule has 2 aromatic carbocycles. The summed E-state index contributed by atoms with van der Waals surface area (Å²) in [4.78, 5) is 12.2. The molecule has 4 nitrogen and oxygen atoms in total. The molecule has 0 aliphatic rings. The molecule has 1 amide bonds. The van der Waals surface area contributed by atoms with E-state index in [4.69, 9.17) is 9.47 Å². The molecule has 0 saturated carbocycles. The second-order valence-electron chi connectivity index (χ2n) is 4.55. The van der Waals surface area contributed by atoms with E-state index in [2.05, 4.69) is 37.2 Å². The molecule has 0 spiro atoms. The largest absolute Gasteiger partial charge is 0.497 e. The van der Waals surface area contributed by atoms with Crippen molar-refractivity contribution >= 4 is 43.5 Å². The lowest BCUT2D eigenvalue weighted by molar-refractivity contribution is -0.122. The minimum atomic E-state index is -0.621. The number of nitrogens with one attached hydrogen (secondary N) is 1. The van der Waals surface area contributed by atoms with Crippen LogP contribution in [0.5, 0.6) is 11.5 Å². The van der Waals surface area contributed by atoms with Gasteiger partial charge >= 0.3 is 0 Å². The molecule has 1 atom stereocenters. The Bertz CT molecular complexity index is 659.